The van der Waals surface area contributed by atoms with Crippen molar-refractivity contribution in [2.45, 2.75) is 13.5 Å². The van der Waals surface area contributed by atoms with Crippen molar-refractivity contribution in [3.8, 4) is 11.5 Å². The Hall–Kier alpha value is -1.22. The maximum atomic E-state index is 5.30. The number of rotatable bonds is 4. The average Bonchev–Trinajstić information content (AvgIpc) is 2.21. The van der Waals surface area contributed by atoms with Gasteiger partial charge in [0.1, 0.15) is 0 Å². The van der Waals surface area contributed by atoms with Crippen LogP contribution in [0.4, 0.5) is 0 Å². The van der Waals surface area contributed by atoms with Gasteiger partial charge in [0.25, 0.3) is 0 Å². The Labute approximate surface area is 85.0 Å². The molecule has 78 valence electrons. The van der Waals surface area contributed by atoms with Gasteiger partial charge in [-0.3, -0.25) is 0 Å². The van der Waals surface area contributed by atoms with Gasteiger partial charge in [0, 0.05) is 6.54 Å². The van der Waals surface area contributed by atoms with Gasteiger partial charge in [-0.1, -0.05) is 6.07 Å². The van der Waals surface area contributed by atoms with Gasteiger partial charge < -0.3 is 14.8 Å². The quantitative estimate of drug-likeness (QED) is 0.793. The van der Waals surface area contributed by atoms with E-state index in [1.807, 2.05) is 26.1 Å². The third-order valence-electron chi connectivity index (χ3n) is 2.27. The van der Waals surface area contributed by atoms with E-state index in [1.54, 1.807) is 14.2 Å². The summed E-state index contributed by atoms with van der Waals surface area (Å²) in [5.74, 6) is 1.60. The third kappa shape index (κ3) is 1.99. The van der Waals surface area contributed by atoms with Gasteiger partial charge in [-0.2, -0.15) is 0 Å². The smallest absolute Gasteiger partial charge is 0.163 e. The Morgan fingerprint density at radius 1 is 1.21 bits per heavy atom. The summed E-state index contributed by atoms with van der Waals surface area (Å²) in [7, 11) is 5.24. The first-order chi connectivity index (χ1) is 6.74. The highest BCUT2D eigenvalue weighted by Crippen LogP contribution is 2.32. The summed E-state index contributed by atoms with van der Waals surface area (Å²) in [6.07, 6.45) is 0. The Morgan fingerprint density at radius 2 is 1.93 bits per heavy atom. The molecule has 1 aromatic rings. The molecule has 3 nitrogen and oxygen atoms in total. The van der Waals surface area contributed by atoms with Gasteiger partial charge in [-0.05, 0) is 31.2 Å². The standard InChI is InChI=1S/C11H17NO2/c1-8-9(7-12-2)5-6-10(13-3)11(8)14-4/h5-6,12H,7H2,1-4H3. The molecule has 14 heavy (non-hydrogen) atoms. The molecule has 0 aliphatic heterocycles. The molecule has 1 N–H and O–H groups in total. The van der Waals surface area contributed by atoms with Crippen molar-refractivity contribution in [1.82, 2.24) is 5.32 Å². The molecule has 0 aliphatic carbocycles. The molecular formula is C11H17NO2. The Balaban J connectivity index is 3.13. The van der Waals surface area contributed by atoms with Crippen LogP contribution in [-0.4, -0.2) is 21.3 Å². The number of hydrogen-bond acceptors (Lipinski definition) is 3. The first-order valence-corrected chi connectivity index (χ1v) is 4.59. The molecule has 1 aromatic carbocycles. The van der Waals surface area contributed by atoms with Crippen molar-refractivity contribution in [1.29, 1.82) is 0 Å². The SMILES string of the molecule is CNCc1ccc(OC)c(OC)c1C. The molecule has 0 bridgehead atoms. The van der Waals surface area contributed by atoms with E-state index in [9.17, 15) is 0 Å². The van der Waals surface area contributed by atoms with E-state index in [-0.39, 0.29) is 0 Å². The van der Waals surface area contributed by atoms with Crippen LogP contribution in [0, 0.1) is 6.92 Å². The summed E-state index contributed by atoms with van der Waals surface area (Å²) in [4.78, 5) is 0. The van der Waals surface area contributed by atoms with Crippen LogP contribution in [0.5, 0.6) is 11.5 Å². The zero-order valence-electron chi connectivity index (χ0n) is 9.18. The summed E-state index contributed by atoms with van der Waals surface area (Å²) < 4.78 is 10.5. The van der Waals surface area contributed by atoms with Crippen LogP contribution in [-0.2, 0) is 6.54 Å². The monoisotopic (exact) mass is 195 g/mol. The minimum atomic E-state index is 0.782. The molecule has 1 rings (SSSR count). The molecule has 0 atom stereocenters. The number of nitrogens with one attached hydrogen (secondary N) is 1. The molecular weight excluding hydrogens is 178 g/mol. The first-order valence-electron chi connectivity index (χ1n) is 4.59. The molecule has 0 fully saturated rings. The Morgan fingerprint density at radius 3 is 2.43 bits per heavy atom. The number of benzene rings is 1. The van der Waals surface area contributed by atoms with E-state index in [0.29, 0.717) is 0 Å². The minimum absolute atomic E-state index is 0.782. The summed E-state index contributed by atoms with van der Waals surface area (Å²) in [6.45, 7) is 2.88. The van der Waals surface area contributed by atoms with Crippen molar-refractivity contribution in [3.63, 3.8) is 0 Å². The molecule has 0 unspecified atom stereocenters. The highest BCUT2D eigenvalue weighted by atomic mass is 16.5. The molecule has 0 heterocycles. The van der Waals surface area contributed by atoms with Crippen LogP contribution >= 0.6 is 0 Å². The van der Waals surface area contributed by atoms with Gasteiger partial charge in [0.15, 0.2) is 11.5 Å². The van der Waals surface area contributed by atoms with Crippen LogP contribution in [0.15, 0.2) is 12.1 Å². The van der Waals surface area contributed by atoms with E-state index in [0.717, 1.165) is 23.6 Å². The highest BCUT2D eigenvalue weighted by molar-refractivity contribution is 5.50. The van der Waals surface area contributed by atoms with Gasteiger partial charge >= 0.3 is 0 Å². The zero-order valence-corrected chi connectivity index (χ0v) is 9.18. The van der Waals surface area contributed by atoms with E-state index in [2.05, 4.69) is 5.32 Å². The summed E-state index contributed by atoms with van der Waals surface area (Å²) in [5.41, 5.74) is 2.35. The van der Waals surface area contributed by atoms with Gasteiger partial charge in [0.2, 0.25) is 0 Å². The third-order valence-corrected chi connectivity index (χ3v) is 2.27. The highest BCUT2D eigenvalue weighted by Gasteiger charge is 2.09. The topological polar surface area (TPSA) is 30.5 Å². The molecule has 0 saturated heterocycles. The normalized spacial score (nSPS) is 10.0. The van der Waals surface area contributed by atoms with E-state index >= 15 is 0 Å². The molecule has 0 aromatic heterocycles. The van der Waals surface area contributed by atoms with Crippen LogP contribution in [0.3, 0.4) is 0 Å². The molecule has 0 spiro atoms. The van der Waals surface area contributed by atoms with E-state index < -0.39 is 0 Å². The number of ether oxygens (including phenoxy) is 2. The van der Waals surface area contributed by atoms with Gasteiger partial charge in [0.05, 0.1) is 14.2 Å². The van der Waals surface area contributed by atoms with Gasteiger partial charge in [-0.25, -0.2) is 0 Å². The van der Waals surface area contributed by atoms with Crippen molar-refractivity contribution in [2.75, 3.05) is 21.3 Å². The summed E-state index contributed by atoms with van der Waals surface area (Å²) >= 11 is 0. The van der Waals surface area contributed by atoms with Crippen LogP contribution < -0.4 is 14.8 Å². The maximum Gasteiger partial charge on any atom is 0.163 e. The molecule has 0 aliphatic rings. The van der Waals surface area contributed by atoms with Crippen molar-refractivity contribution in [3.05, 3.63) is 23.3 Å². The zero-order chi connectivity index (χ0) is 10.6. The second kappa shape index (κ2) is 4.86. The fourth-order valence-electron chi connectivity index (χ4n) is 1.50. The number of hydrogen-bond donors (Lipinski definition) is 1. The lowest BCUT2D eigenvalue weighted by Gasteiger charge is -2.13. The molecule has 0 amide bonds. The van der Waals surface area contributed by atoms with E-state index in [4.69, 9.17) is 9.47 Å². The minimum Gasteiger partial charge on any atom is -0.493 e. The lowest BCUT2D eigenvalue weighted by atomic mass is 10.1. The fraction of sp³-hybridized carbons (Fsp3) is 0.455. The van der Waals surface area contributed by atoms with Crippen LogP contribution in [0.25, 0.3) is 0 Å². The molecule has 0 radical (unpaired) electrons. The number of methoxy groups -OCH3 is 2. The lowest BCUT2D eigenvalue weighted by Crippen LogP contribution is -2.07. The second-order valence-electron chi connectivity index (χ2n) is 3.12. The van der Waals surface area contributed by atoms with Crippen molar-refractivity contribution in [2.24, 2.45) is 0 Å². The van der Waals surface area contributed by atoms with Crippen LogP contribution in [0.2, 0.25) is 0 Å². The lowest BCUT2D eigenvalue weighted by molar-refractivity contribution is 0.352. The van der Waals surface area contributed by atoms with Crippen molar-refractivity contribution < 1.29 is 9.47 Å². The molecule has 0 saturated carbocycles. The van der Waals surface area contributed by atoms with E-state index in [1.165, 1.54) is 5.56 Å². The maximum absolute atomic E-state index is 5.30. The Kier molecular flexibility index (Phi) is 3.77. The largest absolute Gasteiger partial charge is 0.493 e. The second-order valence-corrected chi connectivity index (χ2v) is 3.12. The summed E-state index contributed by atoms with van der Waals surface area (Å²) in [5, 5.41) is 3.12. The summed E-state index contributed by atoms with van der Waals surface area (Å²) in [6, 6.07) is 3.98. The van der Waals surface area contributed by atoms with Crippen LogP contribution in [0.1, 0.15) is 11.1 Å². The average molecular weight is 195 g/mol. The first kappa shape index (κ1) is 10.9. The Bertz CT molecular complexity index is 310. The van der Waals surface area contributed by atoms with Gasteiger partial charge in [-0.15, -0.1) is 0 Å². The fourth-order valence-corrected chi connectivity index (χ4v) is 1.50. The molecule has 3 heteroatoms. The predicted octanol–water partition coefficient (Wildman–Crippen LogP) is 1.73. The van der Waals surface area contributed by atoms with Crippen molar-refractivity contribution >= 4 is 0 Å². The predicted molar refractivity (Wildman–Crippen MR) is 57.0 cm³/mol.